The van der Waals surface area contributed by atoms with E-state index in [9.17, 15) is 0 Å². The number of aryl methyl sites for hydroxylation is 1. The molecule has 2 aromatic rings. The molecule has 1 fully saturated rings. The highest BCUT2D eigenvalue weighted by Crippen LogP contribution is 2.24. The van der Waals surface area contributed by atoms with E-state index in [0.29, 0.717) is 12.5 Å². The summed E-state index contributed by atoms with van der Waals surface area (Å²) in [6, 6.07) is 14.8. The molecule has 0 atom stereocenters. The van der Waals surface area contributed by atoms with Crippen LogP contribution in [-0.4, -0.2) is 44.9 Å². The minimum Gasteiger partial charge on any atom is -0.496 e. The smallest absolute Gasteiger partial charge is 0.125 e. The van der Waals surface area contributed by atoms with Gasteiger partial charge in [-0.15, -0.1) is 0 Å². The minimum absolute atomic E-state index is 0.515. The van der Waals surface area contributed by atoms with Gasteiger partial charge in [-0.2, -0.15) is 0 Å². The van der Waals surface area contributed by atoms with E-state index in [1.807, 2.05) is 12.1 Å². The molecule has 152 valence electrons. The van der Waals surface area contributed by atoms with Gasteiger partial charge in [-0.25, -0.2) is 0 Å². The Balaban J connectivity index is 1.55. The van der Waals surface area contributed by atoms with E-state index >= 15 is 0 Å². The second-order valence-electron chi connectivity index (χ2n) is 7.72. The van der Waals surface area contributed by atoms with Crippen LogP contribution in [0.25, 0.3) is 0 Å². The summed E-state index contributed by atoms with van der Waals surface area (Å²) in [5.41, 5.74) is 3.76. The summed E-state index contributed by atoms with van der Waals surface area (Å²) in [5.74, 6) is 2.31. The van der Waals surface area contributed by atoms with Gasteiger partial charge < -0.3 is 14.2 Å². The van der Waals surface area contributed by atoms with Crippen molar-refractivity contribution in [2.24, 2.45) is 0 Å². The highest BCUT2D eigenvalue weighted by Gasteiger charge is 2.10. The van der Waals surface area contributed by atoms with Crippen LogP contribution in [0, 0.1) is 0 Å². The lowest BCUT2D eigenvalue weighted by Gasteiger charge is -2.26. The fraction of sp³-hybridized carbons (Fsp3) is 0.500. The first kappa shape index (κ1) is 20.7. The summed E-state index contributed by atoms with van der Waals surface area (Å²) >= 11 is 0. The number of methoxy groups -OCH3 is 1. The minimum atomic E-state index is 0.515. The van der Waals surface area contributed by atoms with Gasteiger partial charge in [0.05, 0.1) is 20.3 Å². The monoisotopic (exact) mass is 383 g/mol. The zero-order valence-electron chi connectivity index (χ0n) is 17.4. The van der Waals surface area contributed by atoms with Gasteiger partial charge in [-0.3, -0.25) is 4.90 Å². The van der Waals surface area contributed by atoms with Crippen molar-refractivity contribution >= 4 is 0 Å². The van der Waals surface area contributed by atoms with Gasteiger partial charge in [-0.05, 0) is 60.7 Å². The molecule has 4 heteroatoms. The van der Waals surface area contributed by atoms with Crippen LogP contribution >= 0.6 is 0 Å². The Labute approximate surface area is 169 Å². The number of rotatable bonds is 9. The molecule has 0 bridgehead atoms. The average Bonchev–Trinajstić information content (AvgIpc) is 2.73. The second-order valence-corrected chi connectivity index (χ2v) is 7.72. The van der Waals surface area contributed by atoms with Crippen LogP contribution in [0.2, 0.25) is 0 Å². The molecule has 1 aliphatic heterocycles. The van der Waals surface area contributed by atoms with Gasteiger partial charge in [0.1, 0.15) is 18.1 Å². The predicted octanol–water partition coefficient (Wildman–Crippen LogP) is 4.66. The molecule has 0 aliphatic carbocycles. The normalized spacial score (nSPS) is 15.0. The van der Waals surface area contributed by atoms with Crippen molar-refractivity contribution in [1.29, 1.82) is 0 Å². The van der Waals surface area contributed by atoms with Gasteiger partial charge in [0, 0.05) is 18.7 Å². The number of morpholine rings is 1. The van der Waals surface area contributed by atoms with E-state index in [0.717, 1.165) is 62.8 Å². The molecular weight excluding hydrogens is 350 g/mol. The maximum Gasteiger partial charge on any atom is 0.125 e. The lowest BCUT2D eigenvalue weighted by atomic mass is 10.0. The summed E-state index contributed by atoms with van der Waals surface area (Å²) in [6.07, 6.45) is 2.22. The second kappa shape index (κ2) is 10.5. The van der Waals surface area contributed by atoms with E-state index in [2.05, 4.69) is 49.1 Å². The number of nitrogens with zero attached hydrogens (tertiary/aromatic N) is 1. The van der Waals surface area contributed by atoms with Crippen LogP contribution in [0.5, 0.6) is 11.5 Å². The van der Waals surface area contributed by atoms with Crippen molar-refractivity contribution in [2.75, 3.05) is 40.0 Å². The molecule has 28 heavy (non-hydrogen) atoms. The highest BCUT2D eigenvalue weighted by atomic mass is 16.5. The quantitative estimate of drug-likeness (QED) is 0.630. The topological polar surface area (TPSA) is 30.9 Å². The Kier molecular flexibility index (Phi) is 7.75. The third-order valence-electron chi connectivity index (χ3n) is 5.33. The molecular formula is C24H33NO3. The van der Waals surface area contributed by atoms with Crippen molar-refractivity contribution in [1.82, 2.24) is 4.90 Å². The summed E-state index contributed by atoms with van der Waals surface area (Å²) in [4.78, 5) is 2.48. The van der Waals surface area contributed by atoms with Gasteiger partial charge in [-0.1, -0.05) is 32.0 Å². The van der Waals surface area contributed by atoms with E-state index < -0.39 is 0 Å². The zero-order chi connectivity index (χ0) is 19.8. The first-order chi connectivity index (χ1) is 13.7. The predicted molar refractivity (Wildman–Crippen MR) is 113 cm³/mol. The summed E-state index contributed by atoms with van der Waals surface area (Å²) in [7, 11) is 1.72. The summed E-state index contributed by atoms with van der Waals surface area (Å²) in [6.45, 7) is 9.88. The molecule has 0 spiro atoms. The van der Waals surface area contributed by atoms with Crippen LogP contribution in [0.15, 0.2) is 42.5 Å². The zero-order valence-corrected chi connectivity index (χ0v) is 17.4. The molecule has 0 radical (unpaired) electrons. The Bertz CT molecular complexity index is 721. The van der Waals surface area contributed by atoms with Crippen LogP contribution in [0.3, 0.4) is 0 Å². The number of ether oxygens (including phenoxy) is 3. The highest BCUT2D eigenvalue weighted by molar-refractivity contribution is 5.38. The molecule has 1 heterocycles. The number of benzene rings is 2. The van der Waals surface area contributed by atoms with Gasteiger partial charge in [0.15, 0.2) is 0 Å². The number of hydrogen-bond acceptors (Lipinski definition) is 4. The third-order valence-corrected chi connectivity index (χ3v) is 5.33. The molecule has 2 aromatic carbocycles. The molecule has 0 aromatic heterocycles. The van der Waals surface area contributed by atoms with E-state index in [1.54, 1.807) is 7.11 Å². The molecule has 0 amide bonds. The summed E-state index contributed by atoms with van der Waals surface area (Å²) < 4.78 is 17.0. The van der Waals surface area contributed by atoms with Crippen molar-refractivity contribution in [3.05, 3.63) is 59.2 Å². The fourth-order valence-corrected chi connectivity index (χ4v) is 3.54. The van der Waals surface area contributed by atoms with Crippen molar-refractivity contribution in [3.63, 3.8) is 0 Å². The first-order valence-electron chi connectivity index (χ1n) is 10.3. The van der Waals surface area contributed by atoms with Gasteiger partial charge >= 0.3 is 0 Å². The van der Waals surface area contributed by atoms with E-state index in [1.165, 1.54) is 11.1 Å². The van der Waals surface area contributed by atoms with E-state index in [4.69, 9.17) is 14.2 Å². The van der Waals surface area contributed by atoms with Gasteiger partial charge in [0.2, 0.25) is 0 Å². The molecule has 0 N–H and O–H groups in total. The number of hydrogen-bond donors (Lipinski definition) is 0. The maximum atomic E-state index is 6.02. The molecule has 3 rings (SSSR count). The maximum absolute atomic E-state index is 6.02. The van der Waals surface area contributed by atoms with Crippen LogP contribution in [0.4, 0.5) is 0 Å². The lowest BCUT2D eigenvalue weighted by Crippen LogP contribution is -2.36. The average molecular weight is 384 g/mol. The Morgan fingerprint density at radius 3 is 2.46 bits per heavy atom. The van der Waals surface area contributed by atoms with Crippen molar-refractivity contribution in [2.45, 2.75) is 39.2 Å². The van der Waals surface area contributed by atoms with Crippen molar-refractivity contribution in [3.8, 4) is 11.5 Å². The fourth-order valence-electron chi connectivity index (χ4n) is 3.54. The van der Waals surface area contributed by atoms with Crippen molar-refractivity contribution < 1.29 is 14.2 Å². The summed E-state index contributed by atoms with van der Waals surface area (Å²) in [5, 5.41) is 0. The first-order valence-corrected chi connectivity index (χ1v) is 10.3. The van der Waals surface area contributed by atoms with Crippen LogP contribution < -0.4 is 9.47 Å². The Morgan fingerprint density at radius 1 is 1.04 bits per heavy atom. The SMILES string of the molecule is COc1ccc(CCCN2CCOCC2)cc1COc1ccc(C(C)C)cc1. The molecule has 4 nitrogen and oxygen atoms in total. The largest absolute Gasteiger partial charge is 0.496 e. The molecule has 1 aliphatic rings. The van der Waals surface area contributed by atoms with E-state index in [-0.39, 0.29) is 0 Å². The van der Waals surface area contributed by atoms with Crippen LogP contribution in [0.1, 0.15) is 42.9 Å². The standard InChI is InChI=1S/C24H33NO3/c1-19(2)21-7-9-23(10-8-21)28-18-22-17-20(6-11-24(22)26-3)5-4-12-25-13-15-27-16-14-25/h6-11,17,19H,4-5,12-16,18H2,1-3H3. The molecule has 0 saturated carbocycles. The Morgan fingerprint density at radius 2 is 1.79 bits per heavy atom. The molecule has 0 unspecified atom stereocenters. The van der Waals surface area contributed by atoms with Gasteiger partial charge in [0.25, 0.3) is 0 Å². The Hall–Kier alpha value is -2.04. The molecule has 1 saturated heterocycles. The van der Waals surface area contributed by atoms with Crippen LogP contribution in [-0.2, 0) is 17.8 Å². The third kappa shape index (κ3) is 5.98. The lowest BCUT2D eigenvalue weighted by molar-refractivity contribution is 0.0374.